The fourth-order valence-corrected chi connectivity index (χ4v) is 2.87. The largest absolute Gasteiger partial charge is 0.454 e. The van der Waals surface area contributed by atoms with E-state index in [4.69, 9.17) is 9.47 Å². The number of carbonyl (C=O) groups excluding carboxylic acids is 2. The molecular weight excluding hydrogens is 352 g/mol. The van der Waals surface area contributed by atoms with Crippen LogP contribution in [0.3, 0.4) is 0 Å². The van der Waals surface area contributed by atoms with Crippen molar-refractivity contribution in [2.45, 2.75) is 26.1 Å². The first-order chi connectivity index (χ1) is 13.6. The third-order valence-corrected chi connectivity index (χ3v) is 4.47. The third kappa shape index (κ3) is 4.65. The van der Waals surface area contributed by atoms with Crippen LogP contribution in [0, 0.1) is 0 Å². The highest BCUT2D eigenvalue weighted by Gasteiger charge is 2.22. The van der Waals surface area contributed by atoms with E-state index in [1.54, 1.807) is 38.1 Å². The number of hydrogen-bond donors (Lipinski definition) is 0. The first kappa shape index (κ1) is 19.4. The Hall–Kier alpha value is -3.40. The molecule has 0 saturated heterocycles. The van der Waals surface area contributed by atoms with Gasteiger partial charge in [0, 0.05) is 0 Å². The van der Waals surface area contributed by atoms with Crippen molar-refractivity contribution in [1.82, 2.24) is 0 Å². The second kappa shape index (κ2) is 9.00. The molecule has 3 aromatic rings. The first-order valence-electron chi connectivity index (χ1n) is 9.17. The molecule has 3 rings (SSSR count). The highest BCUT2D eigenvalue weighted by atomic mass is 16.5. The molecule has 0 N–H and O–H groups in total. The summed E-state index contributed by atoms with van der Waals surface area (Å²) in [6.45, 7) is 3.59. The summed E-state index contributed by atoms with van der Waals surface area (Å²) in [5.41, 5.74) is 2.15. The minimum atomic E-state index is -0.559. The van der Waals surface area contributed by atoms with Crippen molar-refractivity contribution in [2.75, 3.05) is 0 Å². The van der Waals surface area contributed by atoms with Crippen LogP contribution in [0.1, 0.15) is 57.9 Å². The maximum Gasteiger partial charge on any atom is 0.339 e. The van der Waals surface area contributed by atoms with Crippen LogP contribution in [0.5, 0.6) is 0 Å². The summed E-state index contributed by atoms with van der Waals surface area (Å²) in [4.78, 5) is 25.4. The van der Waals surface area contributed by atoms with Crippen LogP contribution in [-0.2, 0) is 9.47 Å². The van der Waals surface area contributed by atoms with Crippen molar-refractivity contribution in [1.29, 1.82) is 0 Å². The van der Waals surface area contributed by atoms with Crippen molar-refractivity contribution < 1.29 is 19.1 Å². The van der Waals surface area contributed by atoms with E-state index in [9.17, 15) is 9.59 Å². The first-order valence-corrected chi connectivity index (χ1v) is 9.17. The molecular formula is C24H22O4. The lowest BCUT2D eigenvalue weighted by Crippen LogP contribution is -2.16. The van der Waals surface area contributed by atoms with E-state index in [-0.39, 0.29) is 11.1 Å². The predicted octanol–water partition coefficient (Wildman–Crippen LogP) is 5.52. The Labute approximate surface area is 164 Å². The highest BCUT2D eigenvalue weighted by Crippen LogP contribution is 2.22. The second-order valence-corrected chi connectivity index (χ2v) is 6.46. The van der Waals surface area contributed by atoms with E-state index in [0.717, 1.165) is 11.1 Å². The molecule has 3 aromatic carbocycles. The highest BCUT2D eigenvalue weighted by molar-refractivity contribution is 6.03. The zero-order valence-electron chi connectivity index (χ0n) is 15.9. The van der Waals surface area contributed by atoms with E-state index in [1.807, 2.05) is 60.7 Å². The molecule has 142 valence electrons. The minimum Gasteiger partial charge on any atom is -0.454 e. The van der Waals surface area contributed by atoms with E-state index < -0.39 is 24.1 Å². The molecule has 0 heterocycles. The van der Waals surface area contributed by atoms with Gasteiger partial charge in [-0.2, -0.15) is 0 Å². The number of rotatable bonds is 6. The summed E-state index contributed by atoms with van der Waals surface area (Å²) in [6.07, 6.45) is -0.859. The molecule has 4 nitrogen and oxygen atoms in total. The minimum absolute atomic E-state index is 0.190. The fourth-order valence-electron chi connectivity index (χ4n) is 2.87. The maximum absolute atomic E-state index is 12.7. The number of hydrogen-bond acceptors (Lipinski definition) is 4. The molecule has 28 heavy (non-hydrogen) atoms. The molecule has 0 unspecified atom stereocenters. The number of benzene rings is 3. The van der Waals surface area contributed by atoms with Gasteiger partial charge in [-0.1, -0.05) is 72.8 Å². The van der Waals surface area contributed by atoms with E-state index in [2.05, 4.69) is 0 Å². The molecule has 0 saturated carbocycles. The summed E-state index contributed by atoms with van der Waals surface area (Å²) in [5.74, 6) is -1.12. The zero-order valence-corrected chi connectivity index (χ0v) is 15.9. The van der Waals surface area contributed by atoms with Gasteiger partial charge in [-0.3, -0.25) is 0 Å². The third-order valence-electron chi connectivity index (χ3n) is 4.47. The summed E-state index contributed by atoms with van der Waals surface area (Å²) >= 11 is 0. The Kier molecular flexibility index (Phi) is 6.22. The molecule has 2 atom stereocenters. The van der Waals surface area contributed by atoms with Crippen molar-refractivity contribution in [2.24, 2.45) is 0 Å². The van der Waals surface area contributed by atoms with Crippen molar-refractivity contribution >= 4 is 11.9 Å². The number of ether oxygens (including phenoxy) is 2. The molecule has 0 aliphatic rings. The summed E-state index contributed by atoms with van der Waals surface area (Å²) in [5, 5.41) is 0. The van der Waals surface area contributed by atoms with Gasteiger partial charge < -0.3 is 9.47 Å². The van der Waals surface area contributed by atoms with Crippen molar-refractivity contribution in [3.8, 4) is 0 Å². The van der Waals surface area contributed by atoms with Gasteiger partial charge >= 0.3 is 11.9 Å². The number of carbonyl (C=O) groups is 2. The fraction of sp³-hybridized carbons (Fsp3) is 0.167. The Morgan fingerprint density at radius 2 is 0.893 bits per heavy atom. The van der Waals surface area contributed by atoms with Crippen LogP contribution in [0.15, 0.2) is 84.9 Å². The Bertz CT molecular complexity index is 857. The van der Waals surface area contributed by atoms with E-state index in [1.165, 1.54) is 0 Å². The smallest absolute Gasteiger partial charge is 0.339 e. The van der Waals surface area contributed by atoms with E-state index >= 15 is 0 Å². The van der Waals surface area contributed by atoms with Gasteiger partial charge in [0.1, 0.15) is 12.2 Å². The number of esters is 2. The average Bonchev–Trinajstić information content (AvgIpc) is 2.74. The molecule has 0 aliphatic carbocycles. The molecule has 0 bridgehead atoms. The average molecular weight is 374 g/mol. The molecule has 0 amide bonds. The molecule has 0 aliphatic heterocycles. The monoisotopic (exact) mass is 374 g/mol. The molecule has 0 aromatic heterocycles. The maximum atomic E-state index is 12.7. The lowest BCUT2D eigenvalue weighted by atomic mass is 10.1. The summed E-state index contributed by atoms with van der Waals surface area (Å²) in [7, 11) is 0. The topological polar surface area (TPSA) is 52.6 Å². The normalized spacial score (nSPS) is 12.6. The zero-order chi connectivity index (χ0) is 19.9. The Morgan fingerprint density at radius 1 is 0.571 bits per heavy atom. The van der Waals surface area contributed by atoms with Crippen LogP contribution in [-0.4, -0.2) is 11.9 Å². The van der Waals surface area contributed by atoms with E-state index in [0.29, 0.717) is 0 Å². The van der Waals surface area contributed by atoms with Gasteiger partial charge in [-0.05, 0) is 37.1 Å². The Morgan fingerprint density at radius 3 is 1.25 bits per heavy atom. The van der Waals surface area contributed by atoms with Crippen molar-refractivity contribution in [3.63, 3.8) is 0 Å². The van der Waals surface area contributed by atoms with Gasteiger partial charge in [-0.15, -0.1) is 0 Å². The summed E-state index contributed by atoms with van der Waals surface area (Å²) < 4.78 is 11.1. The molecule has 0 spiro atoms. The van der Waals surface area contributed by atoms with Crippen LogP contribution in [0.25, 0.3) is 0 Å². The van der Waals surface area contributed by atoms with Gasteiger partial charge in [0.05, 0.1) is 11.1 Å². The lowest BCUT2D eigenvalue weighted by Gasteiger charge is -2.17. The standard InChI is InChI=1S/C24H22O4/c1-17(19-11-5-3-6-12-19)27-23(25)21-15-9-10-16-22(21)24(26)28-18(2)20-13-7-4-8-14-20/h3-18H,1-2H3/t17-,18+. The quantitative estimate of drug-likeness (QED) is 0.533. The lowest BCUT2D eigenvalue weighted by molar-refractivity contribution is 0.0288. The van der Waals surface area contributed by atoms with Crippen LogP contribution in [0.2, 0.25) is 0 Å². The van der Waals surface area contributed by atoms with Gasteiger partial charge in [-0.25, -0.2) is 9.59 Å². The van der Waals surface area contributed by atoms with Gasteiger partial charge in [0.25, 0.3) is 0 Å². The second-order valence-electron chi connectivity index (χ2n) is 6.46. The van der Waals surface area contributed by atoms with Gasteiger partial charge in [0.2, 0.25) is 0 Å². The predicted molar refractivity (Wildman–Crippen MR) is 107 cm³/mol. The summed E-state index contributed by atoms with van der Waals surface area (Å²) in [6, 6.07) is 25.4. The Balaban J connectivity index is 1.75. The van der Waals surface area contributed by atoms with Gasteiger partial charge in [0.15, 0.2) is 0 Å². The van der Waals surface area contributed by atoms with Crippen LogP contribution in [0.4, 0.5) is 0 Å². The molecule has 4 heteroatoms. The molecule has 0 radical (unpaired) electrons. The SMILES string of the molecule is C[C@H](OC(=O)c1ccccc1C(=O)O[C@H](C)c1ccccc1)c1ccccc1. The van der Waals surface area contributed by atoms with Crippen LogP contribution >= 0.6 is 0 Å². The van der Waals surface area contributed by atoms with Crippen molar-refractivity contribution in [3.05, 3.63) is 107 Å². The molecule has 0 fully saturated rings. The van der Waals surface area contributed by atoms with Crippen LogP contribution < -0.4 is 0 Å².